The predicted molar refractivity (Wildman–Crippen MR) is 135 cm³/mol. The number of likely N-dealkylation sites (tertiary alicyclic amines) is 1. The molecule has 3 aliphatic heterocycles. The fraction of sp³-hybridized carbons (Fsp3) is 0.923. The number of methoxy groups -OCH3 is 3. The van der Waals surface area contributed by atoms with Gasteiger partial charge in [-0.1, -0.05) is 0 Å². The highest BCUT2D eigenvalue weighted by Gasteiger charge is 2.55. The molecule has 4 rings (SSSR count). The van der Waals surface area contributed by atoms with Gasteiger partial charge in [0, 0.05) is 40.8 Å². The molecule has 1 aliphatic carbocycles. The van der Waals surface area contributed by atoms with E-state index in [2.05, 4.69) is 10.6 Å². The van der Waals surface area contributed by atoms with E-state index in [-0.39, 0.29) is 54.4 Å². The first kappa shape index (κ1) is 27.7. The van der Waals surface area contributed by atoms with Gasteiger partial charge in [-0.25, -0.2) is 5.32 Å². The van der Waals surface area contributed by atoms with Gasteiger partial charge in [-0.2, -0.15) is 0 Å². The minimum Gasteiger partial charge on any atom is -0.384 e. The van der Waals surface area contributed by atoms with E-state index in [9.17, 15) is 9.59 Å². The molecule has 10 nitrogen and oxygen atoms in total. The van der Waals surface area contributed by atoms with Gasteiger partial charge in [0.25, 0.3) is 0 Å². The lowest BCUT2D eigenvalue weighted by Crippen LogP contribution is -3.26. The number of hydrogen-bond acceptors (Lipinski definition) is 7. The van der Waals surface area contributed by atoms with Crippen molar-refractivity contribution in [1.82, 2.24) is 15.5 Å². The molecule has 0 spiro atoms. The van der Waals surface area contributed by atoms with Crippen LogP contribution in [0.4, 0.5) is 0 Å². The van der Waals surface area contributed by atoms with E-state index in [4.69, 9.17) is 19.9 Å². The number of fused-ring (bicyclic) bond motifs is 2. The molecule has 0 radical (unpaired) electrons. The maximum Gasteiger partial charge on any atom is 0.234 e. The van der Waals surface area contributed by atoms with E-state index in [0.29, 0.717) is 25.5 Å². The van der Waals surface area contributed by atoms with Gasteiger partial charge in [0.05, 0.1) is 31.5 Å². The third kappa shape index (κ3) is 6.05. The van der Waals surface area contributed by atoms with E-state index >= 15 is 0 Å². The number of ether oxygens (including phenoxy) is 3. The van der Waals surface area contributed by atoms with Crippen LogP contribution < -0.4 is 21.3 Å². The largest absolute Gasteiger partial charge is 0.384 e. The van der Waals surface area contributed by atoms with Crippen LogP contribution in [0.2, 0.25) is 0 Å². The number of nitrogens with zero attached hydrogens (tertiary/aromatic N) is 1. The molecular formula is C26H48N5O5+. The van der Waals surface area contributed by atoms with Gasteiger partial charge in [0.2, 0.25) is 11.8 Å². The Morgan fingerprint density at radius 3 is 2.69 bits per heavy atom. The smallest absolute Gasteiger partial charge is 0.234 e. The quantitative estimate of drug-likeness (QED) is 0.291. The second-order valence-electron chi connectivity index (χ2n) is 11.1. The van der Waals surface area contributed by atoms with Crippen molar-refractivity contribution in [2.45, 2.75) is 88.5 Å². The number of nitrogens with one attached hydrogen (secondary N) is 3. The van der Waals surface area contributed by atoms with E-state index in [1.54, 1.807) is 21.3 Å². The third-order valence-electron chi connectivity index (χ3n) is 9.09. The first-order valence-electron chi connectivity index (χ1n) is 14.0. The summed E-state index contributed by atoms with van der Waals surface area (Å²) in [5.41, 5.74) is 6.77. The molecule has 0 aromatic rings. The molecule has 206 valence electrons. The molecule has 9 atom stereocenters. The number of hydrogen-bond donors (Lipinski definition) is 4. The summed E-state index contributed by atoms with van der Waals surface area (Å²) in [6, 6.07) is 0. The second-order valence-corrected chi connectivity index (χ2v) is 11.1. The number of carbonyl (C=O) groups is 2. The van der Waals surface area contributed by atoms with Crippen LogP contribution in [0, 0.1) is 17.8 Å². The summed E-state index contributed by atoms with van der Waals surface area (Å²) in [5.74, 6) is 0.0685. The SMILES string of the molecule is COCCC[NH+]1C(N)C(C(=O)NCCC2CCC(OC)C(OC)C2)CC2C(=O)N3CCCCC3NC21. The topological polar surface area (TPSA) is 120 Å². The lowest BCUT2D eigenvalue weighted by molar-refractivity contribution is -0.965. The summed E-state index contributed by atoms with van der Waals surface area (Å²) in [7, 11) is 5.18. The third-order valence-corrected chi connectivity index (χ3v) is 9.09. The molecule has 0 aromatic heterocycles. The summed E-state index contributed by atoms with van der Waals surface area (Å²) >= 11 is 0. The highest BCUT2D eigenvalue weighted by molar-refractivity contribution is 5.83. The molecule has 0 aromatic carbocycles. The van der Waals surface area contributed by atoms with Gasteiger partial charge in [0.1, 0.15) is 11.8 Å². The molecule has 3 saturated heterocycles. The molecule has 5 N–H and O–H groups in total. The van der Waals surface area contributed by atoms with Crippen molar-refractivity contribution in [2.24, 2.45) is 23.5 Å². The van der Waals surface area contributed by atoms with Crippen LogP contribution in [-0.2, 0) is 23.8 Å². The normalized spacial score (nSPS) is 38.8. The van der Waals surface area contributed by atoms with Gasteiger partial charge in [0.15, 0.2) is 12.3 Å². The number of quaternary nitrogens is 1. The standard InChI is InChI=1S/C26H47N5O5/c1-34-14-6-13-31-23(27)18(16-19-24(31)29-22-7-4-5-12-30(22)26(19)33)25(32)28-11-10-17-8-9-20(35-2)21(15-17)36-3/h17-24,29H,4-16,27H2,1-3H3,(H,28,32)/p+1. The zero-order chi connectivity index (χ0) is 25.7. The summed E-state index contributed by atoms with van der Waals surface area (Å²) in [5, 5.41) is 6.92. The zero-order valence-electron chi connectivity index (χ0n) is 22.4. The Labute approximate surface area is 215 Å². The van der Waals surface area contributed by atoms with E-state index in [1.165, 1.54) is 0 Å². The Morgan fingerprint density at radius 2 is 1.94 bits per heavy atom. The van der Waals surface area contributed by atoms with Gasteiger partial charge in [-0.15, -0.1) is 0 Å². The van der Waals surface area contributed by atoms with Gasteiger partial charge in [-0.3, -0.25) is 15.3 Å². The van der Waals surface area contributed by atoms with Crippen LogP contribution in [-0.4, -0.2) is 95.0 Å². The zero-order valence-corrected chi connectivity index (χ0v) is 22.4. The first-order chi connectivity index (χ1) is 17.5. The molecule has 10 heteroatoms. The molecule has 9 unspecified atom stereocenters. The fourth-order valence-electron chi connectivity index (χ4n) is 7.04. The Bertz CT molecular complexity index is 742. The van der Waals surface area contributed by atoms with Crippen molar-refractivity contribution in [3.05, 3.63) is 0 Å². The van der Waals surface area contributed by atoms with Crippen molar-refractivity contribution < 1.29 is 28.7 Å². The molecule has 2 amide bonds. The molecule has 4 fully saturated rings. The van der Waals surface area contributed by atoms with Crippen LogP contribution in [0.5, 0.6) is 0 Å². The van der Waals surface area contributed by atoms with Gasteiger partial charge >= 0.3 is 0 Å². The average Bonchev–Trinajstić information content (AvgIpc) is 2.90. The van der Waals surface area contributed by atoms with Gasteiger partial charge in [-0.05, 0) is 57.3 Å². The van der Waals surface area contributed by atoms with Crippen molar-refractivity contribution in [1.29, 1.82) is 0 Å². The Morgan fingerprint density at radius 1 is 1.14 bits per heavy atom. The summed E-state index contributed by atoms with van der Waals surface area (Å²) in [6.07, 6.45) is 8.39. The summed E-state index contributed by atoms with van der Waals surface area (Å²) in [4.78, 5) is 30.0. The molecular weight excluding hydrogens is 462 g/mol. The Balaban J connectivity index is 1.37. The van der Waals surface area contributed by atoms with Crippen molar-refractivity contribution >= 4 is 11.8 Å². The van der Waals surface area contributed by atoms with Crippen LogP contribution in [0.15, 0.2) is 0 Å². The maximum absolute atomic E-state index is 13.5. The fourth-order valence-corrected chi connectivity index (χ4v) is 7.04. The Kier molecular flexibility index (Phi) is 9.99. The average molecular weight is 511 g/mol. The van der Waals surface area contributed by atoms with E-state index in [1.807, 2.05) is 4.90 Å². The van der Waals surface area contributed by atoms with Crippen LogP contribution in [0.1, 0.15) is 57.8 Å². The van der Waals surface area contributed by atoms with E-state index in [0.717, 1.165) is 69.4 Å². The summed E-state index contributed by atoms with van der Waals surface area (Å²) < 4.78 is 16.5. The van der Waals surface area contributed by atoms with Crippen molar-refractivity contribution in [3.8, 4) is 0 Å². The van der Waals surface area contributed by atoms with E-state index < -0.39 is 0 Å². The molecule has 3 heterocycles. The monoisotopic (exact) mass is 510 g/mol. The van der Waals surface area contributed by atoms with Crippen molar-refractivity contribution in [2.75, 3.05) is 47.6 Å². The van der Waals surface area contributed by atoms with Crippen LogP contribution >= 0.6 is 0 Å². The van der Waals surface area contributed by atoms with Crippen LogP contribution in [0.25, 0.3) is 0 Å². The highest BCUT2D eigenvalue weighted by Crippen LogP contribution is 2.31. The number of rotatable bonds is 10. The first-order valence-corrected chi connectivity index (χ1v) is 14.0. The number of amides is 2. The summed E-state index contributed by atoms with van der Waals surface area (Å²) in [6.45, 7) is 2.83. The number of piperidine rings is 2. The minimum atomic E-state index is -0.383. The molecule has 36 heavy (non-hydrogen) atoms. The van der Waals surface area contributed by atoms with Gasteiger partial charge < -0.3 is 29.3 Å². The minimum absolute atomic E-state index is 0.0207. The molecule has 4 aliphatic rings. The lowest BCUT2D eigenvalue weighted by atomic mass is 9.80. The van der Waals surface area contributed by atoms with Crippen molar-refractivity contribution in [3.63, 3.8) is 0 Å². The molecule has 1 saturated carbocycles. The highest BCUT2D eigenvalue weighted by atomic mass is 16.5. The second kappa shape index (κ2) is 13.0. The maximum atomic E-state index is 13.5. The Hall–Kier alpha value is -1.30. The number of carbonyl (C=O) groups excluding carboxylic acids is 2. The van der Waals surface area contributed by atoms with Crippen LogP contribution in [0.3, 0.4) is 0 Å². The predicted octanol–water partition coefficient (Wildman–Crippen LogP) is -0.567. The molecule has 0 bridgehead atoms. The lowest BCUT2D eigenvalue weighted by Gasteiger charge is -2.52. The number of nitrogens with two attached hydrogens (primary N) is 1.